The fourth-order valence-electron chi connectivity index (χ4n) is 2.49. The van der Waals surface area contributed by atoms with E-state index in [0.29, 0.717) is 6.42 Å². The number of nitrogens with two attached hydrogens (primary N) is 1. The van der Waals surface area contributed by atoms with Gasteiger partial charge in [0.2, 0.25) is 11.8 Å². The molecule has 0 aliphatic heterocycles. The Labute approximate surface area is 172 Å². The van der Waals surface area contributed by atoms with Crippen molar-refractivity contribution in [1.82, 2.24) is 10.6 Å². The number of ether oxygens (including phenoxy) is 2. The molecule has 1 aromatic carbocycles. The third-order valence-corrected chi connectivity index (χ3v) is 3.77. The normalized spacial score (nSPS) is 13.4. The van der Waals surface area contributed by atoms with Crippen LogP contribution in [-0.2, 0) is 25.7 Å². The van der Waals surface area contributed by atoms with Gasteiger partial charge in [0.1, 0.15) is 17.7 Å². The molecule has 0 aromatic heterocycles. The summed E-state index contributed by atoms with van der Waals surface area (Å²) < 4.78 is 10.8. The molecule has 0 aliphatic carbocycles. The second-order valence-electron chi connectivity index (χ2n) is 8.29. The summed E-state index contributed by atoms with van der Waals surface area (Å²) >= 11 is 0. The lowest BCUT2D eigenvalue weighted by Crippen LogP contribution is -2.55. The van der Waals surface area contributed by atoms with Crippen LogP contribution in [0.1, 0.15) is 46.6 Å². The van der Waals surface area contributed by atoms with Gasteiger partial charge in [-0.3, -0.25) is 9.59 Å². The molecule has 0 unspecified atom stereocenters. The fraction of sp³-hybridized carbons (Fsp3) is 0.571. The second-order valence-corrected chi connectivity index (χ2v) is 8.29. The average Bonchev–Trinajstić information content (AvgIpc) is 2.59. The molecule has 162 valence electrons. The molecule has 0 saturated carbocycles. The summed E-state index contributed by atoms with van der Waals surface area (Å²) in [6.07, 6.45) is -0.356. The molecule has 0 spiro atoms. The number of amides is 3. The van der Waals surface area contributed by atoms with Gasteiger partial charge in [-0.1, -0.05) is 44.2 Å². The Hall–Kier alpha value is -2.61. The van der Waals surface area contributed by atoms with Crippen LogP contribution in [0.15, 0.2) is 30.3 Å². The number of hydrogen-bond acceptors (Lipinski definition) is 5. The van der Waals surface area contributed by atoms with E-state index in [1.165, 1.54) is 0 Å². The summed E-state index contributed by atoms with van der Waals surface area (Å²) in [4.78, 5) is 36.5. The van der Waals surface area contributed by atoms with E-state index in [2.05, 4.69) is 10.6 Å². The molecule has 0 fully saturated rings. The molecule has 3 amide bonds. The zero-order chi connectivity index (χ0) is 22.0. The molecule has 4 N–H and O–H groups in total. The molecule has 29 heavy (non-hydrogen) atoms. The number of primary amides is 1. The van der Waals surface area contributed by atoms with E-state index in [9.17, 15) is 14.4 Å². The molecule has 0 aliphatic rings. The van der Waals surface area contributed by atoms with E-state index >= 15 is 0 Å². The smallest absolute Gasteiger partial charge is 0.408 e. The molecule has 1 rings (SSSR count). The predicted octanol–water partition coefficient (Wildman–Crippen LogP) is 2.11. The number of benzene rings is 1. The molecule has 0 radical (unpaired) electrons. The van der Waals surface area contributed by atoms with Crippen molar-refractivity contribution in [2.45, 2.75) is 65.3 Å². The maximum Gasteiger partial charge on any atom is 0.408 e. The van der Waals surface area contributed by atoms with Crippen LogP contribution in [-0.4, -0.2) is 42.2 Å². The van der Waals surface area contributed by atoms with Crippen molar-refractivity contribution in [1.29, 1.82) is 0 Å². The van der Waals surface area contributed by atoms with Gasteiger partial charge >= 0.3 is 6.09 Å². The highest BCUT2D eigenvalue weighted by Gasteiger charge is 2.28. The Morgan fingerprint density at radius 3 is 2.17 bits per heavy atom. The number of rotatable bonds is 10. The first-order valence-corrected chi connectivity index (χ1v) is 9.69. The van der Waals surface area contributed by atoms with Crippen LogP contribution in [0.3, 0.4) is 0 Å². The third-order valence-electron chi connectivity index (χ3n) is 3.77. The Morgan fingerprint density at radius 1 is 1.03 bits per heavy atom. The van der Waals surface area contributed by atoms with Crippen LogP contribution in [0, 0.1) is 5.92 Å². The lowest BCUT2D eigenvalue weighted by Gasteiger charge is -2.25. The van der Waals surface area contributed by atoms with Crippen LogP contribution < -0.4 is 16.4 Å². The van der Waals surface area contributed by atoms with Crippen molar-refractivity contribution < 1.29 is 23.9 Å². The molecule has 0 saturated heterocycles. The van der Waals surface area contributed by atoms with Crippen LogP contribution in [0.2, 0.25) is 0 Å². The summed E-state index contributed by atoms with van der Waals surface area (Å²) in [5.41, 5.74) is 5.61. The summed E-state index contributed by atoms with van der Waals surface area (Å²) in [5, 5.41) is 5.11. The Morgan fingerprint density at radius 2 is 1.66 bits per heavy atom. The third kappa shape index (κ3) is 10.5. The van der Waals surface area contributed by atoms with Crippen LogP contribution in [0.5, 0.6) is 0 Å². The zero-order valence-corrected chi connectivity index (χ0v) is 17.9. The minimum atomic E-state index is -1.04. The van der Waals surface area contributed by atoms with E-state index in [1.807, 2.05) is 44.2 Å². The molecule has 0 bridgehead atoms. The summed E-state index contributed by atoms with van der Waals surface area (Å²) in [7, 11) is 0. The first-order chi connectivity index (χ1) is 13.5. The minimum absolute atomic E-state index is 0.0901. The van der Waals surface area contributed by atoms with Gasteiger partial charge in [-0.2, -0.15) is 0 Å². The first-order valence-electron chi connectivity index (χ1n) is 9.69. The SMILES string of the molecule is CC(C)C[C@H](NC(=O)[C@H](COCc1ccccc1)NC(=O)OC(C)(C)C)C(N)=O. The highest BCUT2D eigenvalue weighted by Crippen LogP contribution is 2.08. The van der Waals surface area contributed by atoms with Crippen molar-refractivity contribution in [3.63, 3.8) is 0 Å². The quantitative estimate of drug-likeness (QED) is 0.549. The van der Waals surface area contributed by atoms with Crippen molar-refractivity contribution in [2.75, 3.05) is 6.61 Å². The summed E-state index contributed by atoms with van der Waals surface area (Å²) in [6.45, 7) is 9.18. The highest BCUT2D eigenvalue weighted by molar-refractivity contribution is 5.90. The van der Waals surface area contributed by atoms with Crippen LogP contribution in [0.25, 0.3) is 0 Å². The maximum absolute atomic E-state index is 12.7. The molecular formula is C21H33N3O5. The molecule has 2 atom stereocenters. The van der Waals surface area contributed by atoms with Gasteiger partial charge in [-0.15, -0.1) is 0 Å². The van der Waals surface area contributed by atoms with E-state index in [1.54, 1.807) is 20.8 Å². The summed E-state index contributed by atoms with van der Waals surface area (Å²) in [5.74, 6) is -1.04. The monoisotopic (exact) mass is 407 g/mol. The lowest BCUT2D eigenvalue weighted by molar-refractivity contribution is -0.130. The Bertz CT molecular complexity index is 671. The largest absolute Gasteiger partial charge is 0.444 e. The van der Waals surface area contributed by atoms with E-state index in [4.69, 9.17) is 15.2 Å². The maximum atomic E-state index is 12.7. The van der Waals surface area contributed by atoms with Crippen molar-refractivity contribution in [3.05, 3.63) is 35.9 Å². The van der Waals surface area contributed by atoms with Gasteiger partial charge in [0.25, 0.3) is 0 Å². The van der Waals surface area contributed by atoms with Gasteiger partial charge in [-0.25, -0.2) is 4.79 Å². The molecule has 8 nitrogen and oxygen atoms in total. The summed E-state index contributed by atoms with van der Waals surface area (Å²) in [6, 6.07) is 7.56. The number of carbonyl (C=O) groups is 3. The van der Waals surface area contributed by atoms with Crippen LogP contribution >= 0.6 is 0 Å². The van der Waals surface area contributed by atoms with Gasteiger partial charge in [0.05, 0.1) is 13.2 Å². The van der Waals surface area contributed by atoms with Crippen molar-refractivity contribution in [3.8, 4) is 0 Å². The topological polar surface area (TPSA) is 120 Å². The number of hydrogen-bond donors (Lipinski definition) is 3. The Balaban J connectivity index is 2.79. The second kappa shape index (κ2) is 11.4. The standard InChI is InChI=1S/C21H33N3O5/c1-14(2)11-16(18(22)25)23-19(26)17(24-20(27)29-21(3,4)5)13-28-12-15-9-7-6-8-10-15/h6-10,14,16-17H,11-13H2,1-5H3,(H2,22,25)(H,23,26)(H,24,27)/t16-,17-/m0/s1. The molecule has 0 heterocycles. The fourth-order valence-corrected chi connectivity index (χ4v) is 2.49. The van der Waals surface area contributed by atoms with E-state index in [0.717, 1.165) is 5.56 Å². The van der Waals surface area contributed by atoms with Crippen LogP contribution in [0.4, 0.5) is 4.79 Å². The van der Waals surface area contributed by atoms with E-state index in [-0.39, 0.29) is 19.1 Å². The minimum Gasteiger partial charge on any atom is -0.444 e. The lowest BCUT2D eigenvalue weighted by atomic mass is 10.0. The number of nitrogens with one attached hydrogen (secondary N) is 2. The molecule has 8 heteroatoms. The highest BCUT2D eigenvalue weighted by atomic mass is 16.6. The van der Waals surface area contributed by atoms with Crippen molar-refractivity contribution in [2.24, 2.45) is 11.7 Å². The first kappa shape index (κ1) is 24.4. The molecule has 1 aromatic rings. The number of carbonyl (C=O) groups excluding carboxylic acids is 3. The predicted molar refractivity (Wildman–Crippen MR) is 110 cm³/mol. The van der Waals surface area contributed by atoms with Gasteiger partial charge in [0.15, 0.2) is 0 Å². The van der Waals surface area contributed by atoms with Crippen molar-refractivity contribution >= 4 is 17.9 Å². The van der Waals surface area contributed by atoms with Gasteiger partial charge in [-0.05, 0) is 38.7 Å². The Kier molecular flexibility index (Phi) is 9.61. The average molecular weight is 408 g/mol. The van der Waals surface area contributed by atoms with Gasteiger partial charge < -0.3 is 25.8 Å². The van der Waals surface area contributed by atoms with Gasteiger partial charge in [0, 0.05) is 0 Å². The number of alkyl carbamates (subject to hydrolysis) is 1. The zero-order valence-electron chi connectivity index (χ0n) is 17.9. The molecular weight excluding hydrogens is 374 g/mol. The van der Waals surface area contributed by atoms with E-state index < -0.39 is 35.6 Å².